The Kier molecular flexibility index (Phi) is 7.05. The summed E-state index contributed by atoms with van der Waals surface area (Å²) in [7, 11) is 3.72. The first-order chi connectivity index (χ1) is 14.9. The summed E-state index contributed by atoms with van der Waals surface area (Å²) in [6, 6.07) is 16.9. The van der Waals surface area contributed by atoms with Crippen LogP contribution in [0.5, 0.6) is 0 Å². The zero-order valence-corrected chi connectivity index (χ0v) is 17.3. The largest absolute Gasteiger partial charge is 0.467 e. The van der Waals surface area contributed by atoms with Crippen molar-refractivity contribution in [3.8, 4) is 0 Å². The van der Waals surface area contributed by atoms with Gasteiger partial charge in [-0.25, -0.2) is 4.79 Å². The van der Waals surface area contributed by atoms with Gasteiger partial charge in [0.05, 0.1) is 29.6 Å². The molecule has 31 heavy (non-hydrogen) atoms. The summed E-state index contributed by atoms with van der Waals surface area (Å²) >= 11 is 0. The Hall–Kier alpha value is -4.07. The molecule has 0 bridgehead atoms. The third-order valence-corrected chi connectivity index (χ3v) is 4.38. The minimum absolute atomic E-state index is 0.220. The summed E-state index contributed by atoms with van der Waals surface area (Å²) in [5, 5.41) is 5.34. The van der Waals surface area contributed by atoms with Gasteiger partial charge in [0.1, 0.15) is 5.76 Å². The Morgan fingerprint density at radius 1 is 1.00 bits per heavy atom. The molecule has 2 aromatic carbocycles. The highest BCUT2D eigenvalue weighted by Crippen LogP contribution is 2.16. The van der Waals surface area contributed by atoms with Crippen LogP contribution in [0.25, 0.3) is 0 Å². The van der Waals surface area contributed by atoms with Crippen LogP contribution in [0.3, 0.4) is 0 Å². The van der Waals surface area contributed by atoms with E-state index in [1.165, 1.54) is 6.26 Å². The highest BCUT2D eigenvalue weighted by Gasteiger charge is 2.15. The molecule has 0 aliphatic heterocycles. The van der Waals surface area contributed by atoms with Gasteiger partial charge >= 0.3 is 5.97 Å². The number of furan rings is 1. The average molecular weight is 421 g/mol. The maximum atomic E-state index is 12.5. The van der Waals surface area contributed by atoms with Gasteiger partial charge in [0.15, 0.2) is 6.61 Å². The summed E-state index contributed by atoms with van der Waals surface area (Å²) in [5.74, 6) is -0.920. The van der Waals surface area contributed by atoms with Crippen molar-refractivity contribution in [3.63, 3.8) is 0 Å². The third kappa shape index (κ3) is 5.96. The Morgan fingerprint density at radius 3 is 2.55 bits per heavy atom. The number of ether oxygens (including phenoxy) is 1. The summed E-state index contributed by atoms with van der Waals surface area (Å²) in [6.07, 6.45) is 1.52. The first-order valence-electron chi connectivity index (χ1n) is 9.58. The van der Waals surface area contributed by atoms with Gasteiger partial charge in [-0.15, -0.1) is 0 Å². The van der Waals surface area contributed by atoms with Gasteiger partial charge in [0.25, 0.3) is 11.8 Å². The highest BCUT2D eigenvalue weighted by molar-refractivity contribution is 6.04. The number of rotatable bonds is 8. The SMILES string of the molecule is CN(C)c1cccc(C(=O)OCC(=O)Nc2ccccc2C(=O)NCc2ccco2)c1. The molecule has 0 aliphatic rings. The number of hydrogen-bond donors (Lipinski definition) is 2. The smallest absolute Gasteiger partial charge is 0.338 e. The molecule has 160 valence electrons. The molecule has 0 saturated carbocycles. The Balaban J connectivity index is 1.57. The van der Waals surface area contributed by atoms with Crippen molar-refractivity contribution in [2.24, 2.45) is 0 Å². The van der Waals surface area contributed by atoms with Gasteiger partial charge in [0.2, 0.25) is 0 Å². The van der Waals surface area contributed by atoms with E-state index in [-0.39, 0.29) is 18.0 Å². The van der Waals surface area contributed by atoms with Crippen LogP contribution in [0.2, 0.25) is 0 Å². The number of para-hydroxylation sites is 1. The van der Waals surface area contributed by atoms with E-state index in [0.29, 0.717) is 17.0 Å². The van der Waals surface area contributed by atoms with Crippen LogP contribution in [0.1, 0.15) is 26.5 Å². The molecule has 3 aromatic rings. The van der Waals surface area contributed by atoms with Gasteiger partial charge in [-0.05, 0) is 42.5 Å². The van der Waals surface area contributed by atoms with Crippen molar-refractivity contribution < 1.29 is 23.5 Å². The van der Waals surface area contributed by atoms with Crippen molar-refractivity contribution in [3.05, 3.63) is 83.8 Å². The fourth-order valence-electron chi connectivity index (χ4n) is 2.78. The fraction of sp³-hybridized carbons (Fsp3) is 0.174. The molecule has 0 radical (unpaired) electrons. The lowest BCUT2D eigenvalue weighted by molar-refractivity contribution is -0.119. The number of esters is 1. The molecule has 8 nitrogen and oxygen atoms in total. The van der Waals surface area contributed by atoms with Crippen molar-refractivity contribution in [1.82, 2.24) is 5.32 Å². The van der Waals surface area contributed by atoms with E-state index in [4.69, 9.17) is 9.15 Å². The van der Waals surface area contributed by atoms with E-state index in [1.807, 2.05) is 25.1 Å². The standard InChI is InChI=1S/C23H23N3O5/c1-26(2)17-8-5-7-16(13-17)23(29)31-15-21(27)25-20-11-4-3-10-19(20)22(28)24-14-18-9-6-12-30-18/h3-13H,14-15H2,1-2H3,(H,24,28)(H,25,27). The van der Waals surface area contributed by atoms with Gasteiger partial charge in [0, 0.05) is 19.8 Å². The van der Waals surface area contributed by atoms with Crippen LogP contribution < -0.4 is 15.5 Å². The van der Waals surface area contributed by atoms with E-state index in [2.05, 4.69) is 10.6 Å². The van der Waals surface area contributed by atoms with Crippen molar-refractivity contribution in [2.45, 2.75) is 6.54 Å². The van der Waals surface area contributed by atoms with E-state index in [0.717, 1.165) is 5.69 Å². The Morgan fingerprint density at radius 2 is 1.81 bits per heavy atom. The molecule has 0 atom stereocenters. The number of benzene rings is 2. The van der Waals surface area contributed by atoms with Crippen LogP contribution in [-0.2, 0) is 16.1 Å². The quantitative estimate of drug-likeness (QED) is 0.542. The van der Waals surface area contributed by atoms with Crippen molar-refractivity contribution in [2.75, 3.05) is 30.9 Å². The molecule has 0 aliphatic carbocycles. The van der Waals surface area contributed by atoms with E-state index in [9.17, 15) is 14.4 Å². The van der Waals surface area contributed by atoms with E-state index < -0.39 is 18.5 Å². The second-order valence-electron chi connectivity index (χ2n) is 6.88. The molecule has 0 unspecified atom stereocenters. The molecular formula is C23H23N3O5. The lowest BCUT2D eigenvalue weighted by atomic mass is 10.1. The number of nitrogens with one attached hydrogen (secondary N) is 2. The maximum absolute atomic E-state index is 12.5. The van der Waals surface area contributed by atoms with Gasteiger partial charge < -0.3 is 24.7 Å². The summed E-state index contributed by atoms with van der Waals surface area (Å²) in [6.45, 7) is -0.259. The van der Waals surface area contributed by atoms with Gasteiger partial charge in [-0.2, -0.15) is 0 Å². The lowest BCUT2D eigenvalue weighted by Crippen LogP contribution is -2.26. The fourth-order valence-corrected chi connectivity index (χ4v) is 2.78. The Labute approximate surface area is 179 Å². The van der Waals surface area contributed by atoms with Crippen molar-refractivity contribution >= 4 is 29.2 Å². The molecule has 0 saturated heterocycles. The number of anilines is 2. The number of carbonyl (C=O) groups is 3. The number of nitrogens with zero attached hydrogens (tertiary/aromatic N) is 1. The van der Waals surface area contributed by atoms with E-state index in [1.54, 1.807) is 54.6 Å². The molecule has 0 spiro atoms. The molecule has 1 aromatic heterocycles. The van der Waals surface area contributed by atoms with Crippen LogP contribution in [0, 0.1) is 0 Å². The van der Waals surface area contributed by atoms with Crippen LogP contribution in [-0.4, -0.2) is 38.5 Å². The minimum Gasteiger partial charge on any atom is -0.467 e. The van der Waals surface area contributed by atoms with Crippen LogP contribution in [0.4, 0.5) is 11.4 Å². The summed E-state index contributed by atoms with van der Waals surface area (Å²) in [4.78, 5) is 38.9. The molecular weight excluding hydrogens is 398 g/mol. The zero-order valence-electron chi connectivity index (χ0n) is 17.3. The predicted octanol–water partition coefficient (Wildman–Crippen LogP) is 3.07. The second kappa shape index (κ2) is 10.1. The molecule has 0 fully saturated rings. The molecule has 1 heterocycles. The van der Waals surface area contributed by atoms with Crippen LogP contribution in [0.15, 0.2) is 71.3 Å². The van der Waals surface area contributed by atoms with E-state index >= 15 is 0 Å². The molecule has 2 amide bonds. The van der Waals surface area contributed by atoms with Gasteiger partial charge in [-0.3, -0.25) is 9.59 Å². The highest BCUT2D eigenvalue weighted by atomic mass is 16.5. The zero-order chi connectivity index (χ0) is 22.2. The average Bonchev–Trinajstić information content (AvgIpc) is 3.30. The number of carbonyl (C=O) groups excluding carboxylic acids is 3. The molecule has 3 rings (SSSR count). The first kappa shape index (κ1) is 21.6. The summed E-state index contributed by atoms with van der Waals surface area (Å²) < 4.78 is 10.3. The number of amides is 2. The first-order valence-corrected chi connectivity index (χ1v) is 9.58. The van der Waals surface area contributed by atoms with Gasteiger partial charge in [-0.1, -0.05) is 18.2 Å². The Bertz CT molecular complexity index is 1060. The third-order valence-electron chi connectivity index (χ3n) is 4.38. The molecule has 8 heteroatoms. The second-order valence-corrected chi connectivity index (χ2v) is 6.88. The van der Waals surface area contributed by atoms with Crippen molar-refractivity contribution in [1.29, 1.82) is 0 Å². The number of hydrogen-bond acceptors (Lipinski definition) is 6. The topological polar surface area (TPSA) is 101 Å². The monoisotopic (exact) mass is 421 g/mol. The normalized spacial score (nSPS) is 10.3. The minimum atomic E-state index is -0.608. The maximum Gasteiger partial charge on any atom is 0.338 e. The predicted molar refractivity (Wildman–Crippen MR) is 116 cm³/mol. The lowest BCUT2D eigenvalue weighted by Gasteiger charge is -2.13. The molecule has 2 N–H and O–H groups in total. The summed E-state index contributed by atoms with van der Waals surface area (Å²) in [5.41, 5.74) is 1.78. The van der Waals surface area contributed by atoms with Crippen LogP contribution >= 0.6 is 0 Å².